The summed E-state index contributed by atoms with van der Waals surface area (Å²) >= 11 is 5.39. The molecule has 2 aromatic rings. The molecule has 3 atom stereocenters. The molecule has 0 heterocycles. The smallest absolute Gasteiger partial charge is 0.331 e. The summed E-state index contributed by atoms with van der Waals surface area (Å²) < 4.78 is 10.5. The first kappa shape index (κ1) is 22.4. The maximum absolute atomic E-state index is 12.5. The lowest BCUT2D eigenvalue weighted by Crippen LogP contribution is -2.28. The van der Waals surface area contributed by atoms with Crippen LogP contribution in [0.25, 0.3) is 0 Å². The van der Waals surface area contributed by atoms with Gasteiger partial charge in [0, 0.05) is 12.0 Å². The average molecular weight is 440 g/mol. The second-order valence-corrected chi connectivity index (χ2v) is 8.07. The third-order valence-corrected chi connectivity index (χ3v) is 6.09. The molecule has 1 saturated carbocycles. The van der Waals surface area contributed by atoms with Gasteiger partial charge in [0.2, 0.25) is 0 Å². The molecule has 0 aromatic heterocycles. The molecule has 160 valence electrons. The number of benzene rings is 2. The minimum Gasteiger partial charge on any atom is -0.481 e. The predicted octanol–water partition coefficient (Wildman–Crippen LogP) is 5.11. The van der Waals surface area contributed by atoms with Gasteiger partial charge in [-0.1, -0.05) is 61.9 Å². The van der Waals surface area contributed by atoms with Crippen molar-refractivity contribution < 1.29 is 24.2 Å². The van der Waals surface area contributed by atoms with E-state index in [9.17, 15) is 20.0 Å². The summed E-state index contributed by atoms with van der Waals surface area (Å²) in [6.45, 7) is 3.55. The second kappa shape index (κ2) is 8.83. The van der Waals surface area contributed by atoms with E-state index in [1.807, 2.05) is 18.2 Å². The number of carboxylic acids is 1. The fourth-order valence-electron chi connectivity index (χ4n) is 4.41. The Morgan fingerprint density at radius 2 is 1.87 bits per heavy atom. The lowest BCUT2D eigenvalue weighted by molar-refractivity contribution is -0.145. The third-order valence-electron chi connectivity index (χ3n) is 5.98. The maximum atomic E-state index is 12.5. The SMILES string of the molecule is CC1(C)[C@H](C=CC(=O)OCCl)[C@@]1(C(=O)O)C(C#N)c1cccc(Oc2ccccc2)c1. The van der Waals surface area contributed by atoms with E-state index < -0.39 is 34.6 Å². The van der Waals surface area contributed by atoms with E-state index in [0.717, 1.165) is 0 Å². The van der Waals surface area contributed by atoms with Crippen molar-refractivity contribution in [2.75, 3.05) is 6.07 Å². The van der Waals surface area contributed by atoms with E-state index in [4.69, 9.17) is 16.3 Å². The van der Waals surface area contributed by atoms with Gasteiger partial charge in [-0.3, -0.25) is 4.79 Å². The van der Waals surface area contributed by atoms with Crippen molar-refractivity contribution in [2.45, 2.75) is 19.8 Å². The van der Waals surface area contributed by atoms with Crippen molar-refractivity contribution in [1.29, 1.82) is 5.26 Å². The first-order chi connectivity index (χ1) is 14.8. The fraction of sp³-hybridized carbons (Fsp3) is 0.292. The lowest BCUT2D eigenvalue weighted by Gasteiger charge is -2.22. The first-order valence-corrected chi connectivity index (χ1v) is 10.2. The molecule has 6 nitrogen and oxygen atoms in total. The summed E-state index contributed by atoms with van der Waals surface area (Å²) in [4.78, 5) is 24.1. The van der Waals surface area contributed by atoms with Crippen LogP contribution in [0.5, 0.6) is 11.5 Å². The number of hydrogen-bond acceptors (Lipinski definition) is 5. The molecule has 31 heavy (non-hydrogen) atoms. The van der Waals surface area contributed by atoms with Crippen molar-refractivity contribution in [2.24, 2.45) is 16.7 Å². The summed E-state index contributed by atoms with van der Waals surface area (Å²) in [5, 5.41) is 20.2. The third kappa shape index (κ3) is 4.01. The zero-order chi connectivity index (χ0) is 22.6. The van der Waals surface area contributed by atoms with Gasteiger partial charge in [-0.25, -0.2) is 4.79 Å². The highest BCUT2D eigenvalue weighted by Gasteiger charge is 2.78. The quantitative estimate of drug-likeness (QED) is 0.349. The van der Waals surface area contributed by atoms with Gasteiger partial charge in [-0.2, -0.15) is 5.26 Å². The number of alkyl halides is 1. The molecule has 0 aliphatic heterocycles. The zero-order valence-electron chi connectivity index (χ0n) is 17.1. The largest absolute Gasteiger partial charge is 0.481 e. The Bertz CT molecular complexity index is 1040. The van der Waals surface area contributed by atoms with E-state index in [2.05, 4.69) is 10.8 Å². The Morgan fingerprint density at radius 1 is 1.19 bits per heavy atom. The van der Waals surface area contributed by atoms with Crippen LogP contribution < -0.4 is 4.74 Å². The molecule has 1 fully saturated rings. The van der Waals surface area contributed by atoms with Crippen molar-refractivity contribution >= 4 is 23.5 Å². The van der Waals surface area contributed by atoms with Gasteiger partial charge >= 0.3 is 11.9 Å². The number of ether oxygens (including phenoxy) is 2. The maximum Gasteiger partial charge on any atom is 0.331 e. The highest BCUT2D eigenvalue weighted by atomic mass is 35.5. The van der Waals surface area contributed by atoms with Crippen LogP contribution in [0, 0.1) is 28.1 Å². The molecule has 1 N–H and O–H groups in total. The van der Waals surface area contributed by atoms with Gasteiger partial charge in [0.05, 0.1) is 12.0 Å². The molecular formula is C24H22ClNO5. The molecule has 3 rings (SSSR count). The van der Waals surface area contributed by atoms with Gasteiger partial charge in [0.25, 0.3) is 0 Å². The van der Waals surface area contributed by atoms with Crippen molar-refractivity contribution in [3.63, 3.8) is 0 Å². The van der Waals surface area contributed by atoms with Crippen molar-refractivity contribution in [1.82, 2.24) is 0 Å². The van der Waals surface area contributed by atoms with Crippen LogP contribution in [-0.2, 0) is 14.3 Å². The highest BCUT2D eigenvalue weighted by Crippen LogP contribution is 2.75. The number of esters is 1. The molecule has 1 aliphatic carbocycles. The van der Waals surface area contributed by atoms with Crippen LogP contribution in [-0.4, -0.2) is 23.1 Å². The predicted molar refractivity (Wildman–Crippen MR) is 115 cm³/mol. The summed E-state index contributed by atoms with van der Waals surface area (Å²) in [6, 6.07) is 17.9. The number of hydrogen-bond donors (Lipinski definition) is 1. The van der Waals surface area contributed by atoms with Crippen LogP contribution in [0.1, 0.15) is 25.3 Å². The summed E-state index contributed by atoms with van der Waals surface area (Å²) in [6.07, 6.45) is 2.67. The van der Waals surface area contributed by atoms with Gasteiger partial charge < -0.3 is 14.6 Å². The topological polar surface area (TPSA) is 96.6 Å². The molecule has 0 bridgehead atoms. The normalized spacial score (nSPS) is 22.3. The van der Waals surface area contributed by atoms with E-state index in [0.29, 0.717) is 17.1 Å². The summed E-state index contributed by atoms with van der Waals surface area (Å²) in [5.41, 5.74) is -1.65. The van der Waals surface area contributed by atoms with Crippen molar-refractivity contribution in [3.05, 3.63) is 72.3 Å². The first-order valence-electron chi connectivity index (χ1n) is 9.65. The van der Waals surface area contributed by atoms with Crippen LogP contribution in [0.3, 0.4) is 0 Å². The Morgan fingerprint density at radius 3 is 2.48 bits per heavy atom. The molecule has 7 heteroatoms. The van der Waals surface area contributed by atoms with E-state index in [1.54, 1.807) is 50.2 Å². The Balaban J connectivity index is 1.96. The van der Waals surface area contributed by atoms with Gasteiger partial charge in [-0.05, 0) is 35.2 Å². The standard InChI is InChI=1S/C24H22ClNO5/c1-23(2)20(11-12-21(27)30-15-25)24(23,22(28)29)19(14-26)16-7-6-10-18(13-16)31-17-8-4-3-5-9-17/h3-13,19-20H,15H2,1-2H3,(H,28,29)/t19?,20-,24+/m0/s1. The fourth-order valence-corrected chi connectivity index (χ4v) is 4.52. The van der Waals surface area contributed by atoms with E-state index >= 15 is 0 Å². The molecule has 0 saturated heterocycles. The van der Waals surface area contributed by atoms with Crippen LogP contribution in [0.15, 0.2) is 66.7 Å². The van der Waals surface area contributed by atoms with Gasteiger partial charge in [-0.15, -0.1) is 0 Å². The molecule has 1 unspecified atom stereocenters. The molecule has 0 radical (unpaired) electrons. The minimum atomic E-state index is -1.41. The minimum absolute atomic E-state index is 0.295. The second-order valence-electron chi connectivity index (χ2n) is 7.85. The van der Waals surface area contributed by atoms with E-state index in [1.165, 1.54) is 12.2 Å². The number of carboxylic acid groups (broad SMARTS) is 1. The summed E-state index contributed by atoms with van der Waals surface area (Å²) in [7, 11) is 0. The Labute approximate surface area is 185 Å². The monoisotopic (exact) mass is 439 g/mol. The number of allylic oxidation sites excluding steroid dienone is 1. The number of nitriles is 1. The number of rotatable bonds is 8. The number of carbonyl (C=O) groups excluding carboxylic acids is 1. The lowest BCUT2D eigenvalue weighted by atomic mass is 9.78. The van der Waals surface area contributed by atoms with Crippen molar-refractivity contribution in [3.8, 4) is 17.6 Å². The van der Waals surface area contributed by atoms with Crippen LogP contribution in [0.2, 0.25) is 0 Å². The molecule has 2 aromatic carbocycles. The zero-order valence-corrected chi connectivity index (χ0v) is 17.9. The number of nitrogens with zero attached hydrogens (tertiary/aromatic N) is 1. The number of para-hydroxylation sites is 1. The molecular weight excluding hydrogens is 418 g/mol. The van der Waals surface area contributed by atoms with Gasteiger partial charge in [0.15, 0.2) is 6.07 Å². The average Bonchev–Trinajstić information content (AvgIpc) is 3.24. The Hall–Kier alpha value is -3.30. The molecule has 1 aliphatic rings. The molecule has 0 spiro atoms. The molecule has 0 amide bonds. The van der Waals surface area contributed by atoms with Crippen LogP contribution in [0.4, 0.5) is 0 Å². The Kier molecular flexibility index (Phi) is 6.37. The number of carbonyl (C=O) groups is 2. The van der Waals surface area contributed by atoms with E-state index in [-0.39, 0.29) is 6.07 Å². The number of aliphatic carboxylic acids is 1. The highest BCUT2D eigenvalue weighted by molar-refractivity contribution is 6.17. The number of halogens is 1. The van der Waals surface area contributed by atoms with Gasteiger partial charge in [0.1, 0.15) is 16.9 Å². The van der Waals surface area contributed by atoms with Crippen LogP contribution >= 0.6 is 11.6 Å². The summed E-state index contributed by atoms with van der Waals surface area (Å²) in [5.74, 6) is -2.14.